The highest BCUT2D eigenvalue weighted by atomic mass is 32.2. The van der Waals surface area contributed by atoms with E-state index in [9.17, 15) is 19.5 Å². The van der Waals surface area contributed by atoms with Crippen molar-refractivity contribution in [2.75, 3.05) is 12.0 Å². The van der Waals surface area contributed by atoms with E-state index in [4.69, 9.17) is 4.74 Å². The van der Waals surface area contributed by atoms with Crippen LogP contribution in [-0.2, 0) is 14.3 Å². The van der Waals surface area contributed by atoms with Gasteiger partial charge >= 0.3 is 6.09 Å². The molecule has 0 radical (unpaired) electrons. The molecule has 0 spiro atoms. The Morgan fingerprint density at radius 1 is 1.09 bits per heavy atom. The standard InChI is InChI=1S/C26H43N3O5S/c1-10-26(7,8)29(21(22(31)27-17(2)3)18-13-11-12-14-20(18)30)23(32)19(15-16-35-9)28-24(33)34-25(4,5)6/h11-14,17,19,21,30H,10,15-16H2,1-9H3,(H,27,31)(H,28,33). The fraction of sp³-hybridized carbons (Fsp3) is 0.654. The summed E-state index contributed by atoms with van der Waals surface area (Å²) in [6.45, 7) is 14.6. The third kappa shape index (κ3) is 9.28. The van der Waals surface area contributed by atoms with Crippen molar-refractivity contribution in [1.82, 2.24) is 15.5 Å². The van der Waals surface area contributed by atoms with Crippen molar-refractivity contribution in [2.45, 2.75) is 97.5 Å². The molecule has 0 heterocycles. The number of thioether (sulfide) groups is 1. The lowest BCUT2D eigenvalue weighted by atomic mass is 9.91. The summed E-state index contributed by atoms with van der Waals surface area (Å²) in [7, 11) is 0. The topological polar surface area (TPSA) is 108 Å². The summed E-state index contributed by atoms with van der Waals surface area (Å²) < 4.78 is 5.41. The van der Waals surface area contributed by atoms with Gasteiger partial charge in [0.25, 0.3) is 0 Å². The summed E-state index contributed by atoms with van der Waals surface area (Å²) in [6, 6.07) is 4.34. The van der Waals surface area contributed by atoms with Gasteiger partial charge in [0, 0.05) is 17.1 Å². The number of carbonyl (C=O) groups is 3. The van der Waals surface area contributed by atoms with Crippen LogP contribution in [0.4, 0.5) is 4.79 Å². The van der Waals surface area contributed by atoms with E-state index in [1.807, 2.05) is 40.9 Å². The minimum Gasteiger partial charge on any atom is -0.508 e. The number of ether oxygens (including phenoxy) is 1. The van der Waals surface area contributed by atoms with Crippen LogP contribution in [0.15, 0.2) is 24.3 Å². The lowest BCUT2D eigenvalue weighted by molar-refractivity contribution is -0.149. The molecule has 0 aliphatic rings. The van der Waals surface area contributed by atoms with E-state index in [1.165, 1.54) is 11.0 Å². The van der Waals surface area contributed by atoms with Crippen LogP contribution in [0.2, 0.25) is 0 Å². The highest BCUT2D eigenvalue weighted by Gasteiger charge is 2.43. The molecule has 3 amide bonds. The summed E-state index contributed by atoms with van der Waals surface area (Å²) in [4.78, 5) is 41.8. The Bertz CT molecular complexity index is 867. The number of hydrogen-bond donors (Lipinski definition) is 3. The van der Waals surface area contributed by atoms with Crippen LogP contribution >= 0.6 is 11.8 Å². The lowest BCUT2D eigenvalue weighted by Crippen LogP contribution is -2.59. The molecule has 1 aromatic rings. The Morgan fingerprint density at radius 2 is 1.69 bits per heavy atom. The first kappa shape index (κ1) is 30.6. The number of rotatable bonds is 11. The predicted octanol–water partition coefficient (Wildman–Crippen LogP) is 4.62. The SMILES string of the molecule is CCC(C)(C)N(C(=O)C(CCSC)NC(=O)OC(C)(C)C)C(C(=O)NC(C)C)c1ccccc1O. The summed E-state index contributed by atoms with van der Waals surface area (Å²) in [5.41, 5.74) is -1.18. The molecular formula is C26H43N3O5S. The second kappa shape index (κ2) is 13.0. The number of phenolic OH excluding ortho intramolecular Hbond substituents is 1. The summed E-state index contributed by atoms with van der Waals surface area (Å²) in [5.74, 6) is -0.283. The molecule has 0 saturated heterocycles. The van der Waals surface area contributed by atoms with Crippen LogP contribution in [0.25, 0.3) is 0 Å². The van der Waals surface area contributed by atoms with Crippen molar-refractivity contribution in [2.24, 2.45) is 0 Å². The number of alkyl carbamates (subject to hydrolysis) is 1. The Labute approximate surface area is 214 Å². The van der Waals surface area contributed by atoms with E-state index in [1.54, 1.807) is 50.7 Å². The number of aromatic hydroxyl groups is 1. The second-order valence-corrected chi connectivity index (χ2v) is 11.5. The first-order valence-corrected chi connectivity index (χ1v) is 13.4. The zero-order valence-electron chi connectivity index (χ0n) is 22.6. The molecule has 2 unspecified atom stereocenters. The fourth-order valence-corrected chi connectivity index (χ4v) is 4.01. The Balaban J connectivity index is 3.62. The van der Waals surface area contributed by atoms with Gasteiger partial charge in [-0.15, -0.1) is 0 Å². The molecule has 8 nitrogen and oxygen atoms in total. The minimum absolute atomic E-state index is 0.0816. The fourth-order valence-electron chi connectivity index (χ4n) is 3.54. The first-order valence-electron chi connectivity index (χ1n) is 12.0. The molecule has 0 aliphatic carbocycles. The molecular weight excluding hydrogens is 466 g/mol. The van der Waals surface area contributed by atoms with E-state index in [0.29, 0.717) is 24.2 Å². The highest BCUT2D eigenvalue weighted by Crippen LogP contribution is 2.36. The average Bonchev–Trinajstić information content (AvgIpc) is 2.73. The number of carbonyl (C=O) groups excluding carboxylic acids is 3. The quantitative estimate of drug-likeness (QED) is 0.402. The van der Waals surface area contributed by atoms with Crippen LogP contribution in [0.1, 0.15) is 79.8 Å². The van der Waals surface area contributed by atoms with Crippen molar-refractivity contribution in [3.05, 3.63) is 29.8 Å². The maximum atomic E-state index is 14.2. The van der Waals surface area contributed by atoms with Crippen molar-refractivity contribution in [1.29, 1.82) is 0 Å². The predicted molar refractivity (Wildman–Crippen MR) is 141 cm³/mol. The molecule has 0 aromatic heterocycles. The van der Waals surface area contributed by atoms with Gasteiger partial charge in [-0.3, -0.25) is 9.59 Å². The zero-order chi connectivity index (χ0) is 27.0. The zero-order valence-corrected chi connectivity index (χ0v) is 23.4. The Hall–Kier alpha value is -2.42. The van der Waals surface area contributed by atoms with Gasteiger partial charge in [0.05, 0.1) is 0 Å². The summed E-state index contributed by atoms with van der Waals surface area (Å²) in [6.07, 6.45) is 2.12. The third-order valence-electron chi connectivity index (χ3n) is 5.52. The smallest absolute Gasteiger partial charge is 0.408 e. The van der Waals surface area contributed by atoms with E-state index >= 15 is 0 Å². The lowest BCUT2D eigenvalue weighted by Gasteiger charge is -2.44. The van der Waals surface area contributed by atoms with E-state index < -0.39 is 41.1 Å². The van der Waals surface area contributed by atoms with Crippen molar-refractivity contribution >= 4 is 29.7 Å². The number of nitrogens with zero attached hydrogens (tertiary/aromatic N) is 1. The number of benzene rings is 1. The molecule has 35 heavy (non-hydrogen) atoms. The van der Waals surface area contributed by atoms with Gasteiger partial charge in [-0.25, -0.2) is 4.79 Å². The van der Waals surface area contributed by atoms with Crippen molar-refractivity contribution < 1.29 is 24.2 Å². The van der Waals surface area contributed by atoms with Gasteiger partial charge in [0.15, 0.2) is 0 Å². The molecule has 3 N–H and O–H groups in total. The summed E-state index contributed by atoms with van der Waals surface area (Å²) in [5, 5.41) is 16.3. The van der Waals surface area contributed by atoms with Gasteiger partial charge in [0.1, 0.15) is 23.4 Å². The molecule has 1 aromatic carbocycles. The van der Waals surface area contributed by atoms with E-state index in [0.717, 1.165) is 0 Å². The number of nitrogens with one attached hydrogen (secondary N) is 2. The minimum atomic E-state index is -1.10. The average molecular weight is 510 g/mol. The molecule has 9 heteroatoms. The van der Waals surface area contributed by atoms with Crippen LogP contribution < -0.4 is 10.6 Å². The monoisotopic (exact) mass is 509 g/mol. The van der Waals surface area contributed by atoms with Crippen molar-refractivity contribution in [3.8, 4) is 5.75 Å². The molecule has 0 bridgehead atoms. The Morgan fingerprint density at radius 3 is 2.17 bits per heavy atom. The number of hydrogen-bond acceptors (Lipinski definition) is 6. The van der Waals surface area contributed by atoms with Gasteiger partial charge in [-0.05, 0) is 79.4 Å². The van der Waals surface area contributed by atoms with Gasteiger partial charge in [-0.2, -0.15) is 11.8 Å². The van der Waals surface area contributed by atoms with Crippen molar-refractivity contribution in [3.63, 3.8) is 0 Å². The van der Waals surface area contributed by atoms with Crippen LogP contribution in [-0.4, -0.2) is 63.1 Å². The normalized spacial score (nSPS) is 13.7. The van der Waals surface area contributed by atoms with Gasteiger partial charge in [0.2, 0.25) is 11.8 Å². The third-order valence-corrected chi connectivity index (χ3v) is 6.17. The first-order chi connectivity index (χ1) is 16.1. The molecule has 2 atom stereocenters. The van der Waals surface area contributed by atoms with E-state index in [2.05, 4.69) is 10.6 Å². The molecule has 1 rings (SSSR count). The molecule has 198 valence electrons. The largest absolute Gasteiger partial charge is 0.508 e. The van der Waals surface area contributed by atoms with Crippen LogP contribution in [0.3, 0.4) is 0 Å². The summed E-state index contributed by atoms with van der Waals surface area (Å²) >= 11 is 1.55. The van der Waals surface area contributed by atoms with Gasteiger partial charge in [-0.1, -0.05) is 25.1 Å². The Kier molecular flexibility index (Phi) is 11.4. The molecule has 0 fully saturated rings. The molecule has 0 aliphatic heterocycles. The number of amides is 3. The highest BCUT2D eigenvalue weighted by molar-refractivity contribution is 7.98. The maximum Gasteiger partial charge on any atom is 0.408 e. The maximum absolute atomic E-state index is 14.2. The second-order valence-electron chi connectivity index (χ2n) is 10.5. The van der Waals surface area contributed by atoms with Gasteiger partial charge < -0.3 is 25.4 Å². The van der Waals surface area contributed by atoms with E-state index in [-0.39, 0.29) is 11.8 Å². The molecule has 0 saturated carbocycles. The number of para-hydroxylation sites is 1. The van der Waals surface area contributed by atoms with Crippen LogP contribution in [0.5, 0.6) is 5.75 Å². The van der Waals surface area contributed by atoms with Crippen LogP contribution in [0, 0.1) is 0 Å². The number of phenols is 1.